The number of fused-ring (bicyclic) bond motifs is 1. The number of furan rings is 1. The summed E-state index contributed by atoms with van der Waals surface area (Å²) in [4.78, 5) is 26.5. The van der Waals surface area contributed by atoms with Gasteiger partial charge in [0.1, 0.15) is 0 Å². The number of nitrogens with zero attached hydrogens (tertiary/aromatic N) is 1. The summed E-state index contributed by atoms with van der Waals surface area (Å²) in [5, 5.41) is 5.70. The zero-order chi connectivity index (χ0) is 19.3. The molecule has 2 N–H and O–H groups in total. The first kappa shape index (κ1) is 17.9. The number of nitrogens with one attached hydrogen (secondary N) is 2. The number of urea groups is 1. The minimum absolute atomic E-state index is 0.173. The third-order valence-corrected chi connectivity index (χ3v) is 4.76. The number of hydrogen-bond acceptors (Lipinski definition) is 3. The van der Waals surface area contributed by atoms with Crippen molar-refractivity contribution in [2.45, 2.75) is 12.8 Å². The number of amides is 3. The summed E-state index contributed by atoms with van der Waals surface area (Å²) in [6.07, 6.45) is 3.04. The first-order valence-corrected chi connectivity index (χ1v) is 9.28. The quantitative estimate of drug-likeness (QED) is 0.711. The molecule has 0 saturated carbocycles. The van der Waals surface area contributed by atoms with E-state index in [0.29, 0.717) is 24.5 Å². The highest BCUT2D eigenvalue weighted by atomic mass is 16.3. The molecule has 3 amide bonds. The van der Waals surface area contributed by atoms with E-state index in [0.717, 1.165) is 24.1 Å². The Labute approximate surface area is 163 Å². The summed E-state index contributed by atoms with van der Waals surface area (Å²) in [6, 6.07) is 18.7. The number of anilines is 2. The van der Waals surface area contributed by atoms with Gasteiger partial charge in [-0.15, -0.1) is 0 Å². The molecule has 0 atom stereocenters. The van der Waals surface area contributed by atoms with Crippen LogP contribution in [0, 0.1) is 0 Å². The lowest BCUT2D eigenvalue weighted by Crippen LogP contribution is -2.31. The zero-order valence-corrected chi connectivity index (χ0v) is 15.4. The Morgan fingerprint density at radius 2 is 1.89 bits per heavy atom. The van der Waals surface area contributed by atoms with Gasteiger partial charge in [0, 0.05) is 24.5 Å². The molecule has 6 nitrogen and oxygen atoms in total. The molecule has 4 rings (SSSR count). The average Bonchev–Trinajstić information content (AvgIpc) is 3.38. The van der Waals surface area contributed by atoms with E-state index in [2.05, 4.69) is 10.6 Å². The van der Waals surface area contributed by atoms with Crippen LogP contribution in [-0.2, 0) is 12.8 Å². The van der Waals surface area contributed by atoms with Crippen LogP contribution in [0.4, 0.5) is 16.2 Å². The van der Waals surface area contributed by atoms with Crippen molar-refractivity contribution in [3.63, 3.8) is 0 Å². The Morgan fingerprint density at radius 3 is 2.68 bits per heavy atom. The molecule has 1 aromatic heterocycles. The van der Waals surface area contributed by atoms with Gasteiger partial charge in [0.05, 0.1) is 6.26 Å². The Bertz CT molecular complexity index is 968. The number of hydrogen-bond donors (Lipinski definition) is 2. The van der Waals surface area contributed by atoms with E-state index in [9.17, 15) is 9.59 Å². The molecule has 1 aliphatic rings. The largest absolute Gasteiger partial charge is 0.459 e. The lowest BCUT2D eigenvalue weighted by Gasteiger charge is -2.17. The molecular formula is C22H21N3O3. The van der Waals surface area contributed by atoms with Crippen LogP contribution >= 0.6 is 0 Å². The summed E-state index contributed by atoms with van der Waals surface area (Å²) < 4.78 is 5.23. The monoisotopic (exact) mass is 375 g/mol. The van der Waals surface area contributed by atoms with Crippen molar-refractivity contribution in [1.82, 2.24) is 5.32 Å². The smallest absolute Gasteiger partial charge is 0.319 e. The van der Waals surface area contributed by atoms with E-state index >= 15 is 0 Å². The maximum absolute atomic E-state index is 12.6. The normalized spacial score (nSPS) is 12.5. The molecule has 6 heteroatoms. The van der Waals surface area contributed by atoms with Gasteiger partial charge >= 0.3 is 6.03 Å². The molecule has 0 fully saturated rings. The highest BCUT2D eigenvalue weighted by molar-refractivity contribution is 6.06. The fourth-order valence-corrected chi connectivity index (χ4v) is 3.34. The van der Waals surface area contributed by atoms with Crippen LogP contribution in [0.25, 0.3) is 0 Å². The fourth-order valence-electron chi connectivity index (χ4n) is 3.34. The number of carbonyl (C=O) groups excluding carboxylic acids is 2. The first-order chi connectivity index (χ1) is 13.7. The van der Waals surface area contributed by atoms with Gasteiger partial charge in [0.25, 0.3) is 5.91 Å². The third kappa shape index (κ3) is 3.91. The van der Waals surface area contributed by atoms with Gasteiger partial charge in [0.2, 0.25) is 0 Å². The summed E-state index contributed by atoms with van der Waals surface area (Å²) in [6.45, 7) is 1.14. The molecule has 0 aliphatic carbocycles. The molecule has 0 saturated heterocycles. The number of rotatable bonds is 5. The summed E-state index contributed by atoms with van der Waals surface area (Å²) in [5.74, 6) is 0.137. The Hall–Kier alpha value is -3.54. The van der Waals surface area contributed by atoms with Crippen molar-refractivity contribution in [2.75, 3.05) is 23.3 Å². The average molecular weight is 375 g/mol. The van der Waals surface area contributed by atoms with Crippen molar-refractivity contribution in [3.05, 3.63) is 83.8 Å². The topological polar surface area (TPSA) is 74.6 Å². The molecule has 28 heavy (non-hydrogen) atoms. The van der Waals surface area contributed by atoms with E-state index in [4.69, 9.17) is 4.42 Å². The van der Waals surface area contributed by atoms with Crippen molar-refractivity contribution in [2.24, 2.45) is 0 Å². The molecule has 1 aliphatic heterocycles. The molecule has 2 aromatic carbocycles. The van der Waals surface area contributed by atoms with E-state index < -0.39 is 0 Å². The molecule has 0 bridgehead atoms. The molecular weight excluding hydrogens is 354 g/mol. The van der Waals surface area contributed by atoms with E-state index in [1.54, 1.807) is 17.0 Å². The second kappa shape index (κ2) is 8.00. The molecule has 0 radical (unpaired) electrons. The van der Waals surface area contributed by atoms with Crippen LogP contribution in [0.1, 0.15) is 21.7 Å². The first-order valence-electron chi connectivity index (χ1n) is 9.28. The number of carbonyl (C=O) groups is 2. The maximum Gasteiger partial charge on any atom is 0.319 e. The zero-order valence-electron chi connectivity index (χ0n) is 15.4. The van der Waals surface area contributed by atoms with Gasteiger partial charge < -0.3 is 20.0 Å². The van der Waals surface area contributed by atoms with Gasteiger partial charge in [0.15, 0.2) is 5.76 Å². The SMILES string of the molecule is O=C(NCCc1ccccc1)Nc1ccc2c(c1)N(C(=O)c1ccco1)CC2. The van der Waals surface area contributed by atoms with Gasteiger partial charge in [-0.25, -0.2) is 4.79 Å². The van der Waals surface area contributed by atoms with Crippen molar-refractivity contribution in [1.29, 1.82) is 0 Å². The summed E-state index contributed by atoms with van der Waals surface area (Å²) in [5.41, 5.74) is 3.71. The van der Waals surface area contributed by atoms with Crippen LogP contribution < -0.4 is 15.5 Å². The molecule has 142 valence electrons. The van der Waals surface area contributed by atoms with E-state index in [-0.39, 0.29) is 11.9 Å². The number of benzene rings is 2. The molecule has 2 heterocycles. The van der Waals surface area contributed by atoms with E-state index in [1.807, 2.05) is 48.5 Å². The minimum Gasteiger partial charge on any atom is -0.459 e. The third-order valence-electron chi connectivity index (χ3n) is 4.76. The standard InChI is InChI=1S/C22H21N3O3/c26-21(20-7-4-14-28-20)25-13-11-17-8-9-18(15-19(17)25)24-22(27)23-12-10-16-5-2-1-3-6-16/h1-9,14-15H,10-13H2,(H2,23,24,27). The van der Waals surface area contributed by atoms with Gasteiger partial charge in [-0.2, -0.15) is 0 Å². The molecule has 0 unspecified atom stereocenters. The van der Waals surface area contributed by atoms with Crippen LogP contribution in [0.3, 0.4) is 0 Å². The predicted molar refractivity (Wildman–Crippen MR) is 108 cm³/mol. The van der Waals surface area contributed by atoms with E-state index in [1.165, 1.54) is 11.8 Å². The lowest BCUT2D eigenvalue weighted by molar-refractivity contribution is 0.0963. The Morgan fingerprint density at radius 1 is 1.04 bits per heavy atom. The minimum atomic E-state index is -0.266. The second-order valence-corrected chi connectivity index (χ2v) is 6.64. The maximum atomic E-state index is 12.6. The molecule has 0 spiro atoms. The van der Waals surface area contributed by atoms with Crippen molar-refractivity contribution >= 4 is 23.3 Å². The molecule has 3 aromatic rings. The van der Waals surface area contributed by atoms with Crippen LogP contribution in [0.2, 0.25) is 0 Å². The van der Waals surface area contributed by atoms with Gasteiger partial charge in [-0.3, -0.25) is 4.79 Å². The van der Waals surface area contributed by atoms with Crippen LogP contribution in [0.15, 0.2) is 71.3 Å². The Kier molecular flexibility index (Phi) is 5.10. The highest BCUT2D eigenvalue weighted by Crippen LogP contribution is 2.32. The van der Waals surface area contributed by atoms with Crippen molar-refractivity contribution in [3.8, 4) is 0 Å². The summed E-state index contributed by atoms with van der Waals surface area (Å²) >= 11 is 0. The van der Waals surface area contributed by atoms with Gasteiger partial charge in [-0.05, 0) is 48.2 Å². The fraction of sp³-hybridized carbons (Fsp3) is 0.182. The summed E-state index contributed by atoms with van der Waals surface area (Å²) in [7, 11) is 0. The predicted octanol–water partition coefficient (Wildman–Crippen LogP) is 3.85. The van der Waals surface area contributed by atoms with Gasteiger partial charge in [-0.1, -0.05) is 36.4 Å². The second-order valence-electron chi connectivity index (χ2n) is 6.64. The van der Waals surface area contributed by atoms with Crippen molar-refractivity contribution < 1.29 is 14.0 Å². The van der Waals surface area contributed by atoms with Crippen LogP contribution in [-0.4, -0.2) is 25.0 Å². The highest BCUT2D eigenvalue weighted by Gasteiger charge is 2.27. The lowest BCUT2D eigenvalue weighted by atomic mass is 10.1. The Balaban J connectivity index is 1.38. The van der Waals surface area contributed by atoms with Crippen LogP contribution in [0.5, 0.6) is 0 Å².